The molecule has 0 radical (unpaired) electrons. The smallest absolute Gasteiger partial charge is 0.262 e. The van der Waals surface area contributed by atoms with Gasteiger partial charge >= 0.3 is 0 Å². The van der Waals surface area contributed by atoms with Crippen molar-refractivity contribution >= 4 is 17.5 Å². The summed E-state index contributed by atoms with van der Waals surface area (Å²) < 4.78 is 26.1. The number of para-hydroxylation sites is 2. The van der Waals surface area contributed by atoms with Gasteiger partial charge in [0.25, 0.3) is 11.8 Å². The van der Waals surface area contributed by atoms with Crippen LogP contribution in [-0.2, 0) is 4.79 Å². The first-order valence-corrected chi connectivity index (χ1v) is 10.8. The second-order valence-corrected chi connectivity index (χ2v) is 7.94. The van der Waals surface area contributed by atoms with Crippen LogP contribution in [0.15, 0.2) is 79.0 Å². The van der Waals surface area contributed by atoms with Gasteiger partial charge < -0.3 is 20.1 Å². The highest BCUT2D eigenvalue weighted by molar-refractivity contribution is 6.11. The maximum Gasteiger partial charge on any atom is 0.262 e. The van der Waals surface area contributed by atoms with Crippen LogP contribution in [0.5, 0.6) is 11.5 Å². The molecule has 0 saturated heterocycles. The molecule has 8 nitrogen and oxygen atoms in total. The van der Waals surface area contributed by atoms with E-state index < -0.39 is 17.9 Å². The molecule has 0 spiro atoms. The molecule has 0 aliphatic carbocycles. The number of ether oxygens (including phenoxy) is 2. The number of carbonyl (C=O) groups excluding carboxylic acids is 2. The summed E-state index contributed by atoms with van der Waals surface area (Å²) in [7, 11) is 1.55. The number of amides is 2. The normalized spacial score (nSPS) is 14.7. The first-order chi connectivity index (χ1) is 16.9. The Morgan fingerprint density at radius 1 is 1.09 bits per heavy atom. The van der Waals surface area contributed by atoms with E-state index in [9.17, 15) is 14.0 Å². The number of aromatic nitrogens is 2. The van der Waals surface area contributed by atoms with Gasteiger partial charge in [-0.25, -0.2) is 9.07 Å². The highest BCUT2D eigenvalue weighted by Crippen LogP contribution is 2.36. The molecule has 0 fully saturated rings. The molecule has 1 aromatic heterocycles. The van der Waals surface area contributed by atoms with Crippen molar-refractivity contribution in [1.82, 2.24) is 9.78 Å². The summed E-state index contributed by atoms with van der Waals surface area (Å²) in [6, 6.07) is 19.9. The molecule has 1 aliphatic rings. The Morgan fingerprint density at radius 3 is 2.60 bits per heavy atom. The van der Waals surface area contributed by atoms with E-state index in [-0.39, 0.29) is 17.9 Å². The summed E-state index contributed by atoms with van der Waals surface area (Å²) in [5, 5.41) is 4.65. The average molecular weight is 472 g/mol. The first-order valence-electron chi connectivity index (χ1n) is 10.8. The van der Waals surface area contributed by atoms with Crippen LogP contribution in [0.25, 0.3) is 16.9 Å². The van der Waals surface area contributed by atoms with Gasteiger partial charge in [0.15, 0.2) is 6.10 Å². The zero-order valence-corrected chi connectivity index (χ0v) is 18.7. The molecule has 1 aliphatic heterocycles. The van der Waals surface area contributed by atoms with E-state index in [0.717, 1.165) is 0 Å². The number of nitrogens with two attached hydrogens (primary N) is 1. The van der Waals surface area contributed by atoms with Gasteiger partial charge in [-0.15, -0.1) is 0 Å². The zero-order chi connectivity index (χ0) is 24.5. The fourth-order valence-corrected chi connectivity index (χ4v) is 3.96. The minimum absolute atomic E-state index is 0.0511. The molecule has 0 bridgehead atoms. The third kappa shape index (κ3) is 4.19. The first kappa shape index (κ1) is 22.1. The van der Waals surface area contributed by atoms with Crippen molar-refractivity contribution in [2.24, 2.45) is 5.73 Å². The Morgan fingerprint density at radius 2 is 1.86 bits per heavy atom. The summed E-state index contributed by atoms with van der Waals surface area (Å²) in [5.74, 6) is -0.467. The number of halogens is 1. The molecule has 176 valence electrons. The number of benzene rings is 3. The van der Waals surface area contributed by atoms with Gasteiger partial charge in [-0.05, 0) is 48.5 Å². The van der Waals surface area contributed by atoms with Crippen LogP contribution in [-0.4, -0.2) is 41.4 Å². The van der Waals surface area contributed by atoms with Crippen molar-refractivity contribution in [3.05, 3.63) is 90.4 Å². The largest absolute Gasteiger partial charge is 0.497 e. The summed E-state index contributed by atoms with van der Waals surface area (Å²) in [4.78, 5) is 27.4. The molecule has 9 heteroatoms. The lowest BCUT2D eigenvalue weighted by Crippen LogP contribution is -2.49. The minimum Gasteiger partial charge on any atom is -0.497 e. The van der Waals surface area contributed by atoms with Gasteiger partial charge in [0, 0.05) is 11.8 Å². The summed E-state index contributed by atoms with van der Waals surface area (Å²) >= 11 is 0. The fraction of sp³-hybridized carbons (Fsp3) is 0.115. The number of hydrogen-bond acceptors (Lipinski definition) is 5. The topological polar surface area (TPSA) is 99.7 Å². The monoisotopic (exact) mass is 472 g/mol. The number of fused-ring (bicyclic) bond motifs is 1. The Kier molecular flexibility index (Phi) is 5.66. The van der Waals surface area contributed by atoms with E-state index in [1.807, 2.05) is 6.07 Å². The van der Waals surface area contributed by atoms with Crippen molar-refractivity contribution < 1.29 is 23.5 Å². The van der Waals surface area contributed by atoms with Gasteiger partial charge in [-0.3, -0.25) is 9.59 Å². The molecule has 5 rings (SSSR count). The van der Waals surface area contributed by atoms with Crippen LogP contribution in [0, 0.1) is 5.82 Å². The van der Waals surface area contributed by atoms with E-state index in [1.165, 1.54) is 21.7 Å². The van der Waals surface area contributed by atoms with Crippen molar-refractivity contribution in [3.8, 4) is 28.4 Å². The molecule has 3 aromatic carbocycles. The molecular weight excluding hydrogens is 451 g/mol. The van der Waals surface area contributed by atoms with Gasteiger partial charge in [-0.1, -0.05) is 24.3 Å². The van der Waals surface area contributed by atoms with Crippen LogP contribution in [0.4, 0.5) is 10.1 Å². The lowest BCUT2D eigenvalue weighted by Gasteiger charge is -2.33. The van der Waals surface area contributed by atoms with Gasteiger partial charge in [0.1, 0.15) is 23.0 Å². The van der Waals surface area contributed by atoms with Crippen molar-refractivity contribution in [2.45, 2.75) is 6.10 Å². The molecule has 0 saturated carbocycles. The zero-order valence-electron chi connectivity index (χ0n) is 18.7. The van der Waals surface area contributed by atoms with Crippen LogP contribution >= 0.6 is 0 Å². The number of primary amides is 1. The van der Waals surface area contributed by atoms with E-state index >= 15 is 0 Å². The van der Waals surface area contributed by atoms with E-state index in [1.54, 1.807) is 67.9 Å². The van der Waals surface area contributed by atoms with Crippen molar-refractivity contribution in [3.63, 3.8) is 0 Å². The number of rotatable bonds is 5. The highest BCUT2D eigenvalue weighted by atomic mass is 19.1. The molecule has 4 aromatic rings. The molecule has 2 N–H and O–H groups in total. The Bertz CT molecular complexity index is 1420. The molecule has 1 atom stereocenters. The molecule has 2 heterocycles. The third-order valence-corrected chi connectivity index (χ3v) is 5.72. The molecule has 35 heavy (non-hydrogen) atoms. The summed E-state index contributed by atoms with van der Waals surface area (Å²) in [6.07, 6.45) is 0.586. The number of anilines is 1. The predicted molar refractivity (Wildman–Crippen MR) is 127 cm³/mol. The van der Waals surface area contributed by atoms with Crippen LogP contribution in [0.3, 0.4) is 0 Å². The second kappa shape index (κ2) is 8.94. The lowest BCUT2D eigenvalue weighted by atomic mass is 10.1. The Labute approximate surface area is 200 Å². The number of hydrogen-bond donors (Lipinski definition) is 1. The maximum absolute atomic E-state index is 14.0. The third-order valence-electron chi connectivity index (χ3n) is 5.72. The maximum atomic E-state index is 14.0. The van der Waals surface area contributed by atoms with Crippen LogP contribution in [0.2, 0.25) is 0 Å². The average Bonchev–Trinajstić information content (AvgIpc) is 3.33. The summed E-state index contributed by atoms with van der Waals surface area (Å²) in [6.45, 7) is -0.0511. The van der Waals surface area contributed by atoms with Gasteiger partial charge in [0.2, 0.25) is 0 Å². The standard InChI is InChI=1S/C26H21FN4O4/c1-34-19-6-4-5-16(13-19)24-20(14-31(29-24)18-11-9-17(27)10-12-18)26(33)30-15-23(25(28)32)35-22-8-3-2-7-21(22)30/h2-14,23H,15H2,1H3,(H2,28,32). The lowest BCUT2D eigenvalue weighted by molar-refractivity contribution is -0.124. The van der Waals surface area contributed by atoms with E-state index in [4.69, 9.17) is 15.2 Å². The SMILES string of the molecule is COc1cccc(-c2nn(-c3ccc(F)cc3)cc2C(=O)N2CC(C(N)=O)Oc3ccccc32)c1. The quantitative estimate of drug-likeness (QED) is 0.479. The molecular formula is C26H21FN4O4. The summed E-state index contributed by atoms with van der Waals surface area (Å²) in [5.41, 5.74) is 7.93. The number of nitrogens with zero attached hydrogens (tertiary/aromatic N) is 3. The van der Waals surface area contributed by atoms with Crippen molar-refractivity contribution in [1.29, 1.82) is 0 Å². The van der Waals surface area contributed by atoms with Crippen molar-refractivity contribution in [2.75, 3.05) is 18.6 Å². The Hall–Kier alpha value is -4.66. The predicted octanol–water partition coefficient (Wildman–Crippen LogP) is 3.58. The van der Waals surface area contributed by atoms with Gasteiger partial charge in [0.05, 0.1) is 30.6 Å². The number of carbonyl (C=O) groups is 2. The second-order valence-electron chi connectivity index (χ2n) is 7.94. The van der Waals surface area contributed by atoms with Crippen LogP contribution < -0.4 is 20.1 Å². The number of methoxy groups -OCH3 is 1. The van der Waals surface area contributed by atoms with Gasteiger partial charge in [-0.2, -0.15) is 5.10 Å². The molecule has 1 unspecified atom stereocenters. The fourth-order valence-electron chi connectivity index (χ4n) is 3.96. The molecule has 2 amide bonds. The van der Waals surface area contributed by atoms with Crippen LogP contribution in [0.1, 0.15) is 10.4 Å². The minimum atomic E-state index is -0.999. The Balaban J connectivity index is 1.64. The van der Waals surface area contributed by atoms with E-state index in [2.05, 4.69) is 5.10 Å². The van der Waals surface area contributed by atoms with E-state index in [0.29, 0.717) is 34.1 Å². The highest BCUT2D eigenvalue weighted by Gasteiger charge is 2.35.